The third kappa shape index (κ3) is 4.57. The number of hydrogen-bond acceptors (Lipinski definition) is 7. The van der Waals surface area contributed by atoms with Crippen molar-refractivity contribution in [1.29, 1.82) is 0 Å². The average molecular weight is 412 g/mol. The van der Waals surface area contributed by atoms with E-state index in [1.54, 1.807) is 26.0 Å². The summed E-state index contributed by atoms with van der Waals surface area (Å²) in [6, 6.07) is 4.10. The van der Waals surface area contributed by atoms with Crippen molar-refractivity contribution in [2.75, 3.05) is 10.6 Å². The number of carbonyl (C=O) groups excluding carboxylic acids is 1. The molecule has 2 N–H and O–H groups in total. The first-order valence-electron chi connectivity index (χ1n) is 7.89. The van der Waals surface area contributed by atoms with Crippen LogP contribution in [0.1, 0.15) is 16.4 Å². The Morgan fingerprint density at radius 3 is 2.68 bits per heavy atom. The molecule has 28 heavy (non-hydrogen) atoms. The zero-order valence-corrected chi connectivity index (χ0v) is 15.8. The normalized spacial score (nSPS) is 11.4. The van der Waals surface area contributed by atoms with Crippen LogP contribution < -0.4 is 15.4 Å². The van der Waals surface area contributed by atoms with Gasteiger partial charge < -0.3 is 10.1 Å². The summed E-state index contributed by atoms with van der Waals surface area (Å²) in [5.74, 6) is 0.0199. The van der Waals surface area contributed by atoms with E-state index in [0.717, 1.165) is 22.1 Å². The third-order valence-electron chi connectivity index (χ3n) is 3.45. The largest absolute Gasteiger partial charge is 0.435 e. The molecule has 0 saturated carbocycles. The molecule has 3 aromatic heterocycles. The van der Waals surface area contributed by atoms with Gasteiger partial charge in [0.1, 0.15) is 5.82 Å². The number of amides is 1. The highest BCUT2D eigenvalue weighted by Gasteiger charge is 2.34. The molecule has 0 aromatic carbocycles. The summed E-state index contributed by atoms with van der Waals surface area (Å²) in [5, 5.41) is 9.57. The molecule has 148 valence electrons. The molecule has 0 aliphatic heterocycles. The number of aromatic nitrogens is 4. The molecule has 0 spiro atoms. The number of halogens is 3. The Morgan fingerprint density at radius 2 is 2.04 bits per heavy atom. The first-order valence-corrected chi connectivity index (χ1v) is 8.70. The molecule has 1 amide bonds. The van der Waals surface area contributed by atoms with E-state index < -0.39 is 18.0 Å². The highest BCUT2D eigenvalue weighted by Crippen LogP contribution is 2.36. The number of ether oxygens (including phenoxy) is 1. The third-order valence-corrected chi connectivity index (χ3v) is 4.31. The number of carbonyl (C=O) groups is 1. The second kappa shape index (κ2) is 7.46. The molecule has 0 unspecified atom stereocenters. The van der Waals surface area contributed by atoms with Gasteiger partial charge in [-0.05, 0) is 26.0 Å². The number of anilines is 3. The average Bonchev–Trinajstić information content (AvgIpc) is 3.10. The van der Waals surface area contributed by atoms with E-state index in [1.807, 2.05) is 0 Å². The number of hydrogen-bond donors (Lipinski definition) is 2. The van der Waals surface area contributed by atoms with Gasteiger partial charge in [0.2, 0.25) is 0 Å². The lowest BCUT2D eigenvalue weighted by Gasteiger charge is -2.08. The molecule has 0 aliphatic carbocycles. The van der Waals surface area contributed by atoms with Crippen molar-refractivity contribution in [3.63, 3.8) is 0 Å². The summed E-state index contributed by atoms with van der Waals surface area (Å²) >= 11 is 1.13. The molecule has 3 rings (SSSR count). The zero-order chi connectivity index (χ0) is 20.5. The number of rotatable bonds is 4. The van der Waals surface area contributed by atoms with Gasteiger partial charge in [-0.25, -0.2) is 9.78 Å². The summed E-state index contributed by atoms with van der Waals surface area (Å²) in [6.07, 6.45) is -3.82. The van der Waals surface area contributed by atoms with Crippen LogP contribution in [0.25, 0.3) is 0 Å². The van der Waals surface area contributed by atoms with Crippen molar-refractivity contribution >= 4 is 33.9 Å². The van der Waals surface area contributed by atoms with Gasteiger partial charge in [-0.1, -0.05) is 11.3 Å². The van der Waals surface area contributed by atoms with E-state index in [-0.39, 0.29) is 16.7 Å². The van der Waals surface area contributed by atoms with E-state index in [9.17, 15) is 18.0 Å². The van der Waals surface area contributed by atoms with Crippen molar-refractivity contribution in [1.82, 2.24) is 19.7 Å². The highest BCUT2D eigenvalue weighted by molar-refractivity contribution is 7.16. The summed E-state index contributed by atoms with van der Waals surface area (Å²) in [4.78, 5) is 20.2. The van der Waals surface area contributed by atoms with E-state index >= 15 is 0 Å². The van der Waals surface area contributed by atoms with Crippen LogP contribution in [-0.2, 0) is 13.2 Å². The van der Waals surface area contributed by atoms with Crippen LogP contribution in [-0.4, -0.2) is 25.8 Å². The second-order valence-corrected chi connectivity index (χ2v) is 6.93. The van der Waals surface area contributed by atoms with Gasteiger partial charge in [-0.2, -0.15) is 18.3 Å². The van der Waals surface area contributed by atoms with Crippen molar-refractivity contribution in [3.05, 3.63) is 40.8 Å². The predicted molar refractivity (Wildman–Crippen MR) is 97.0 cm³/mol. The maximum absolute atomic E-state index is 12.8. The molecule has 0 fully saturated rings. The Labute approximate surface area is 161 Å². The van der Waals surface area contributed by atoms with Gasteiger partial charge in [0, 0.05) is 30.7 Å². The van der Waals surface area contributed by atoms with E-state index in [1.165, 1.54) is 13.2 Å². The van der Waals surface area contributed by atoms with Crippen LogP contribution >= 0.6 is 11.3 Å². The monoisotopic (exact) mass is 412 g/mol. The lowest BCUT2D eigenvalue weighted by molar-refractivity contribution is -0.141. The molecule has 0 bridgehead atoms. The Hall–Kier alpha value is -3.15. The Kier molecular flexibility index (Phi) is 5.23. The van der Waals surface area contributed by atoms with Gasteiger partial charge in [-0.15, -0.1) is 0 Å². The maximum atomic E-state index is 12.8. The van der Waals surface area contributed by atoms with E-state index in [2.05, 4.69) is 25.7 Å². The summed E-state index contributed by atoms with van der Waals surface area (Å²) < 4.78 is 44.7. The minimum atomic E-state index is -4.57. The molecular formula is C16H15F3N6O2S. The van der Waals surface area contributed by atoms with Gasteiger partial charge in [0.05, 0.1) is 5.01 Å². The molecule has 3 aromatic rings. The lowest BCUT2D eigenvalue weighted by Crippen LogP contribution is -2.17. The summed E-state index contributed by atoms with van der Waals surface area (Å²) in [6.45, 7) is 3.45. The number of thiazole rings is 1. The van der Waals surface area contributed by atoms with E-state index in [0.29, 0.717) is 16.4 Å². The minimum absolute atomic E-state index is 0.0551. The van der Waals surface area contributed by atoms with Crippen LogP contribution in [0.3, 0.4) is 0 Å². The lowest BCUT2D eigenvalue weighted by atomic mass is 10.3. The molecule has 0 saturated heterocycles. The van der Waals surface area contributed by atoms with Crippen LogP contribution in [0.15, 0.2) is 24.4 Å². The number of aryl methyl sites for hydroxylation is 3. The van der Waals surface area contributed by atoms with Crippen LogP contribution in [0.5, 0.6) is 5.88 Å². The second-order valence-electron chi connectivity index (χ2n) is 5.73. The summed E-state index contributed by atoms with van der Waals surface area (Å²) in [5.41, 5.74) is 0.161. The molecule has 0 radical (unpaired) electrons. The number of alkyl halides is 3. The minimum Gasteiger partial charge on any atom is -0.388 e. The number of nitrogens with zero attached hydrogens (tertiary/aromatic N) is 4. The van der Waals surface area contributed by atoms with Crippen molar-refractivity contribution in [2.45, 2.75) is 20.0 Å². The van der Waals surface area contributed by atoms with Gasteiger partial charge >= 0.3 is 12.3 Å². The molecule has 12 heteroatoms. The quantitative estimate of drug-likeness (QED) is 0.665. The van der Waals surface area contributed by atoms with Gasteiger partial charge in [-0.3, -0.25) is 15.0 Å². The number of nitrogens with one attached hydrogen (secondary N) is 2. The smallest absolute Gasteiger partial charge is 0.388 e. The Morgan fingerprint density at radius 1 is 1.29 bits per heavy atom. The molecule has 0 aliphatic rings. The van der Waals surface area contributed by atoms with Crippen molar-refractivity contribution in [3.8, 4) is 5.88 Å². The molecule has 8 nitrogen and oxygen atoms in total. The van der Waals surface area contributed by atoms with Crippen LogP contribution in [0.4, 0.5) is 34.5 Å². The molecule has 3 heterocycles. The Bertz CT molecular complexity index is 1010. The summed E-state index contributed by atoms with van der Waals surface area (Å²) in [7, 11) is 1.37. The molecular weight excluding hydrogens is 397 g/mol. The molecule has 0 atom stereocenters. The first-order chi connectivity index (χ1) is 13.1. The first kappa shape index (κ1) is 19.6. The van der Waals surface area contributed by atoms with Crippen LogP contribution in [0.2, 0.25) is 0 Å². The Balaban J connectivity index is 1.76. The topological polar surface area (TPSA) is 94.0 Å². The maximum Gasteiger partial charge on any atom is 0.435 e. The highest BCUT2D eigenvalue weighted by atomic mass is 32.1. The number of pyridine rings is 1. The van der Waals surface area contributed by atoms with Gasteiger partial charge in [0.25, 0.3) is 5.88 Å². The van der Waals surface area contributed by atoms with Gasteiger partial charge in [0.15, 0.2) is 10.7 Å². The fraction of sp³-hybridized carbons (Fsp3) is 0.250. The fourth-order valence-electron chi connectivity index (χ4n) is 2.25. The fourth-order valence-corrected chi connectivity index (χ4v) is 3.00. The van der Waals surface area contributed by atoms with Crippen LogP contribution in [0, 0.1) is 13.8 Å². The standard InChI is InChI=1S/C16H15F3N6O2S/c1-8-6-10(4-5-20-8)22-15(26)27-13-14(28-9(2)21-13)23-12-7-11(16(17,18)19)24-25(12)3/h4-7,23H,1-3H3,(H,20,22,26). The zero-order valence-electron chi connectivity index (χ0n) is 15.0. The van der Waals surface area contributed by atoms with Crippen molar-refractivity contribution < 1.29 is 22.7 Å². The SMILES string of the molecule is Cc1cc(NC(=O)Oc2nc(C)sc2Nc2cc(C(F)(F)F)nn2C)ccn1. The van der Waals surface area contributed by atoms with Crippen molar-refractivity contribution in [2.24, 2.45) is 7.05 Å². The van der Waals surface area contributed by atoms with E-state index in [4.69, 9.17) is 4.74 Å². The predicted octanol–water partition coefficient (Wildman–Crippen LogP) is 4.26.